The fourth-order valence-corrected chi connectivity index (χ4v) is 7.50. The highest BCUT2D eigenvalue weighted by atomic mass is 79.9. The molecule has 1 aliphatic heterocycles. The molecule has 2 atom stereocenters. The molecule has 1 heterocycles. The molecule has 8 rings (SSSR count). The number of rotatable bonds is 7. The summed E-state index contributed by atoms with van der Waals surface area (Å²) in [5.74, 6) is -0.772. The molecule has 1 fully saturated rings. The topological polar surface area (TPSA) is 68.2 Å². The monoisotopic (exact) mass is 640 g/mol. The van der Waals surface area contributed by atoms with Gasteiger partial charge in [-0.25, -0.2) is 0 Å². The van der Waals surface area contributed by atoms with E-state index in [2.05, 4.69) is 45.3 Å². The van der Waals surface area contributed by atoms with Crippen LogP contribution in [-0.2, 0) is 16.2 Å². The van der Waals surface area contributed by atoms with Crippen molar-refractivity contribution in [2.75, 3.05) is 6.61 Å². The molecule has 2 bridgehead atoms. The highest BCUT2D eigenvalue weighted by Gasteiger charge is 2.61. The summed E-state index contributed by atoms with van der Waals surface area (Å²) in [5.41, 5.74) is 6.03. The molecule has 0 N–H and O–H groups in total. The Labute approximate surface area is 257 Å². The molecule has 0 saturated carbocycles. The number of amides is 2. The van der Waals surface area contributed by atoms with E-state index in [-0.39, 0.29) is 30.3 Å². The van der Waals surface area contributed by atoms with Gasteiger partial charge in [-0.3, -0.25) is 9.59 Å². The van der Waals surface area contributed by atoms with Crippen LogP contribution in [0.3, 0.4) is 0 Å². The summed E-state index contributed by atoms with van der Waals surface area (Å²) >= 11 is 9.90. The van der Waals surface area contributed by atoms with Crippen LogP contribution in [0.15, 0.2) is 94.5 Å². The molecule has 2 amide bonds. The summed E-state index contributed by atoms with van der Waals surface area (Å²) in [6.45, 7) is 2.57. The number of hydrogen-bond donors (Lipinski definition) is 0. The second kappa shape index (κ2) is 10.7. The quantitative estimate of drug-likeness (QED) is 0.157. The van der Waals surface area contributed by atoms with Gasteiger partial charge in [-0.2, -0.15) is 10.1 Å². The Morgan fingerprint density at radius 1 is 0.833 bits per heavy atom. The Morgan fingerprint density at radius 3 is 1.93 bits per heavy atom. The minimum Gasteiger partial charge on any atom is -0.490 e. The first-order chi connectivity index (χ1) is 20.5. The normalized spacial score (nSPS) is 21.8. The van der Waals surface area contributed by atoms with Crippen LogP contribution in [0.25, 0.3) is 0 Å². The lowest BCUT2D eigenvalue weighted by atomic mass is 9.55. The fourth-order valence-electron chi connectivity index (χ4n) is 6.73. The lowest BCUT2D eigenvalue weighted by Gasteiger charge is -2.45. The molecule has 4 aliphatic rings. The van der Waals surface area contributed by atoms with Crippen molar-refractivity contribution in [3.8, 4) is 11.5 Å². The molecule has 0 unspecified atom stereocenters. The first-order valence-corrected chi connectivity index (χ1v) is 15.1. The summed E-state index contributed by atoms with van der Waals surface area (Å²) in [6.07, 6.45) is 1.53. The van der Waals surface area contributed by atoms with Gasteiger partial charge in [0.1, 0.15) is 6.61 Å². The van der Waals surface area contributed by atoms with E-state index in [1.54, 1.807) is 6.07 Å². The zero-order valence-electron chi connectivity index (χ0n) is 22.7. The number of hydrazone groups is 1. The SMILES string of the molecule is CCOc1cc(/C=N\N2C(=O)[C@@H]3C4c5ccccc5C(c5ccccc54)[C@H]3C2=O)cc(Br)c1OCc1ccccc1Cl. The average molecular weight is 642 g/mol. The van der Waals surface area contributed by atoms with Crippen molar-refractivity contribution >= 4 is 45.6 Å². The van der Waals surface area contributed by atoms with Crippen molar-refractivity contribution < 1.29 is 19.1 Å². The van der Waals surface area contributed by atoms with E-state index in [9.17, 15) is 9.59 Å². The number of benzene rings is 4. The summed E-state index contributed by atoms with van der Waals surface area (Å²) < 4.78 is 12.6. The number of halogens is 2. The third kappa shape index (κ3) is 4.26. The molecular weight excluding hydrogens is 616 g/mol. The Bertz CT molecular complexity index is 1660. The molecule has 4 aromatic rings. The standard InChI is InChI=1S/C34H26BrClN2O4/c1-2-41-27-16-19(15-25(35)32(27)42-18-20-9-3-8-14-26(20)36)17-37-38-33(39)30-28-21-10-4-5-11-22(21)29(31(30)34(38)40)24-13-7-6-12-23(24)28/h3-17,28-31H,2,18H2,1H3/b37-17-/t28?,29?,30-,31-/m1/s1. The van der Waals surface area contributed by atoms with Crippen molar-refractivity contribution in [2.45, 2.75) is 25.4 Å². The van der Waals surface area contributed by atoms with Gasteiger partial charge in [0, 0.05) is 22.4 Å². The van der Waals surface area contributed by atoms with E-state index >= 15 is 0 Å². The van der Waals surface area contributed by atoms with E-state index < -0.39 is 11.8 Å². The molecule has 0 aromatic heterocycles. The number of carbonyl (C=O) groups excluding carboxylic acids is 2. The van der Waals surface area contributed by atoms with Gasteiger partial charge in [0.2, 0.25) is 0 Å². The summed E-state index contributed by atoms with van der Waals surface area (Å²) in [6, 6.07) is 27.5. The van der Waals surface area contributed by atoms with Crippen molar-refractivity contribution in [1.82, 2.24) is 5.01 Å². The molecule has 3 aliphatic carbocycles. The van der Waals surface area contributed by atoms with Crippen LogP contribution in [0.5, 0.6) is 11.5 Å². The van der Waals surface area contributed by atoms with Gasteiger partial charge in [0.05, 0.1) is 29.1 Å². The molecule has 210 valence electrons. The highest BCUT2D eigenvalue weighted by Crippen LogP contribution is 2.61. The van der Waals surface area contributed by atoms with Crippen molar-refractivity contribution in [3.63, 3.8) is 0 Å². The van der Waals surface area contributed by atoms with Gasteiger partial charge in [-0.15, -0.1) is 0 Å². The van der Waals surface area contributed by atoms with Crippen LogP contribution in [0.2, 0.25) is 5.02 Å². The van der Waals surface area contributed by atoms with Crippen molar-refractivity contribution in [2.24, 2.45) is 16.9 Å². The van der Waals surface area contributed by atoms with Crippen molar-refractivity contribution in [1.29, 1.82) is 0 Å². The van der Waals surface area contributed by atoms with E-state index in [1.807, 2.05) is 61.5 Å². The predicted octanol–water partition coefficient (Wildman–Crippen LogP) is 7.31. The maximum Gasteiger partial charge on any atom is 0.254 e. The lowest BCUT2D eigenvalue weighted by Crippen LogP contribution is -2.41. The minimum absolute atomic E-state index is 0.169. The Balaban J connectivity index is 1.19. The van der Waals surface area contributed by atoms with Crippen molar-refractivity contribution in [3.05, 3.63) is 128 Å². The molecular formula is C34H26BrClN2O4. The van der Waals surface area contributed by atoms with E-state index in [1.165, 1.54) is 6.21 Å². The molecule has 42 heavy (non-hydrogen) atoms. The van der Waals surface area contributed by atoms with Crippen LogP contribution < -0.4 is 9.47 Å². The Hall–Kier alpha value is -3.94. The Kier molecular flexibility index (Phi) is 6.87. The number of carbonyl (C=O) groups is 2. The smallest absolute Gasteiger partial charge is 0.254 e. The van der Waals surface area contributed by atoms with Crippen LogP contribution in [0.4, 0.5) is 0 Å². The van der Waals surface area contributed by atoms with E-state index in [0.29, 0.717) is 33.2 Å². The third-order valence-corrected chi connectivity index (χ3v) is 9.37. The van der Waals surface area contributed by atoms with Gasteiger partial charge < -0.3 is 9.47 Å². The van der Waals surface area contributed by atoms with Crippen LogP contribution in [0.1, 0.15) is 52.1 Å². The number of ether oxygens (including phenoxy) is 2. The molecule has 6 nitrogen and oxygen atoms in total. The highest BCUT2D eigenvalue weighted by molar-refractivity contribution is 9.10. The molecule has 0 radical (unpaired) electrons. The average Bonchev–Trinajstić information content (AvgIpc) is 3.26. The number of hydrogen-bond acceptors (Lipinski definition) is 5. The largest absolute Gasteiger partial charge is 0.490 e. The summed E-state index contributed by atoms with van der Waals surface area (Å²) in [7, 11) is 0. The van der Waals surface area contributed by atoms with Gasteiger partial charge in [0.25, 0.3) is 11.8 Å². The maximum absolute atomic E-state index is 13.8. The lowest BCUT2D eigenvalue weighted by molar-refractivity contribution is -0.139. The first kappa shape index (κ1) is 26.9. The van der Waals surface area contributed by atoms with Gasteiger partial charge in [-0.05, 0) is 68.9 Å². The zero-order chi connectivity index (χ0) is 29.0. The fraction of sp³-hybridized carbons (Fsp3) is 0.206. The minimum atomic E-state index is -0.476. The molecule has 8 heteroatoms. The van der Waals surface area contributed by atoms with E-state index in [0.717, 1.165) is 32.8 Å². The second-order valence-electron chi connectivity index (χ2n) is 10.6. The van der Waals surface area contributed by atoms with Crippen LogP contribution >= 0.6 is 27.5 Å². The second-order valence-corrected chi connectivity index (χ2v) is 11.9. The number of nitrogens with zero attached hydrogens (tertiary/aromatic N) is 2. The van der Waals surface area contributed by atoms with Gasteiger partial charge >= 0.3 is 0 Å². The molecule has 1 saturated heterocycles. The third-order valence-electron chi connectivity index (χ3n) is 8.41. The van der Waals surface area contributed by atoms with E-state index in [4.69, 9.17) is 21.1 Å². The predicted molar refractivity (Wildman–Crippen MR) is 164 cm³/mol. The summed E-state index contributed by atoms with van der Waals surface area (Å²) in [4.78, 5) is 27.7. The first-order valence-electron chi connectivity index (χ1n) is 13.9. The van der Waals surface area contributed by atoms with Gasteiger partial charge in [0.15, 0.2) is 11.5 Å². The Morgan fingerprint density at radius 2 is 1.38 bits per heavy atom. The molecule has 4 aromatic carbocycles. The number of imide groups is 1. The zero-order valence-corrected chi connectivity index (χ0v) is 25.0. The maximum atomic E-state index is 13.8. The van der Waals surface area contributed by atoms with Crippen LogP contribution in [-0.4, -0.2) is 29.6 Å². The summed E-state index contributed by atoms with van der Waals surface area (Å²) in [5, 5.41) is 6.15. The van der Waals surface area contributed by atoms with Gasteiger partial charge in [-0.1, -0.05) is 78.3 Å². The van der Waals surface area contributed by atoms with Crippen LogP contribution in [0, 0.1) is 11.8 Å². The molecule has 0 spiro atoms.